The Bertz CT molecular complexity index is 312. The zero-order valence-electron chi connectivity index (χ0n) is 9.20. The Morgan fingerprint density at radius 3 is 1.22 bits per heavy atom. The fourth-order valence-electron chi connectivity index (χ4n) is 1.03. The molecule has 0 aromatic carbocycles. The van der Waals surface area contributed by atoms with Crippen LogP contribution < -0.4 is 5.32 Å². The molecule has 0 saturated carbocycles. The maximum Gasteiger partial charge on any atom is 0.321 e. The third-order valence-electron chi connectivity index (χ3n) is 1.76. The van der Waals surface area contributed by atoms with E-state index in [9.17, 15) is 19.2 Å². The quantitative estimate of drug-likeness (QED) is 0.320. The molecule has 0 heterocycles. The van der Waals surface area contributed by atoms with Crippen molar-refractivity contribution in [3.05, 3.63) is 0 Å². The summed E-state index contributed by atoms with van der Waals surface area (Å²) in [7, 11) is 0. The van der Waals surface area contributed by atoms with Gasteiger partial charge in [-0.05, 0) is 0 Å². The van der Waals surface area contributed by atoms with E-state index in [1.165, 1.54) is 0 Å². The molecule has 0 rings (SSSR count). The molecule has 0 fully saturated rings. The minimum Gasteiger partial charge on any atom is -0.481 e. The molecule has 2 unspecified atom stereocenters. The van der Waals surface area contributed by atoms with Crippen molar-refractivity contribution in [1.82, 2.24) is 5.32 Å². The van der Waals surface area contributed by atoms with Crippen molar-refractivity contribution >= 4 is 61.6 Å². The van der Waals surface area contributed by atoms with Crippen molar-refractivity contribution in [3.8, 4) is 0 Å². The summed E-state index contributed by atoms with van der Waals surface area (Å²) in [5.41, 5.74) is 0. The van der Waals surface area contributed by atoms with E-state index in [0.717, 1.165) is 0 Å². The summed E-state index contributed by atoms with van der Waals surface area (Å²) >= 11 is 0. The van der Waals surface area contributed by atoms with Gasteiger partial charge in [-0.1, -0.05) is 0 Å². The Morgan fingerprint density at radius 2 is 1.06 bits per heavy atom. The summed E-state index contributed by atoms with van der Waals surface area (Å²) < 4.78 is 0. The Hall–Kier alpha value is -0.900. The van der Waals surface area contributed by atoms with Crippen LogP contribution in [0, 0.1) is 0 Å². The molecule has 0 saturated heterocycles. The van der Waals surface area contributed by atoms with Crippen molar-refractivity contribution in [3.63, 3.8) is 0 Å². The van der Waals surface area contributed by atoms with E-state index >= 15 is 0 Å². The number of hydrogen-bond acceptors (Lipinski definition) is 5. The SMILES string of the molecule is O=C(O)CC(NC(CC(=O)O)C(=O)O)C(=O)O.[Ca]. The number of hydrogen-bond donors (Lipinski definition) is 5. The third kappa shape index (κ3) is 8.23. The average Bonchev–Trinajstić information content (AvgIpc) is 2.13. The van der Waals surface area contributed by atoms with Gasteiger partial charge < -0.3 is 20.4 Å². The van der Waals surface area contributed by atoms with Gasteiger partial charge in [0.2, 0.25) is 0 Å². The second-order valence-corrected chi connectivity index (χ2v) is 3.14. The molecule has 10 heteroatoms. The summed E-state index contributed by atoms with van der Waals surface area (Å²) in [6, 6.07) is -3.32. The predicted molar refractivity (Wildman–Crippen MR) is 56.2 cm³/mol. The van der Waals surface area contributed by atoms with Gasteiger partial charge in [0.05, 0.1) is 12.8 Å². The summed E-state index contributed by atoms with van der Waals surface area (Å²) in [6.45, 7) is 0. The molecular weight excluding hydrogens is 278 g/mol. The first-order chi connectivity index (χ1) is 7.73. The van der Waals surface area contributed by atoms with E-state index in [0.29, 0.717) is 0 Å². The molecule has 9 nitrogen and oxygen atoms in total. The third-order valence-corrected chi connectivity index (χ3v) is 1.76. The van der Waals surface area contributed by atoms with Crippen LogP contribution >= 0.6 is 0 Å². The first-order valence-corrected chi connectivity index (χ1v) is 4.39. The standard InChI is InChI=1S/C8H11NO8.Ca/c10-5(11)1-3(7(14)15)9-4(8(16)17)2-6(12)13;/h3-4,9H,1-2H2,(H,10,11)(H,12,13)(H,14,15)(H,16,17);. The molecule has 0 aliphatic heterocycles. The zero-order valence-corrected chi connectivity index (χ0v) is 11.4. The van der Waals surface area contributed by atoms with Crippen molar-refractivity contribution in [2.75, 3.05) is 0 Å². The number of carboxylic acid groups (broad SMARTS) is 4. The Kier molecular flexibility index (Phi) is 9.81. The Balaban J connectivity index is 0. The topological polar surface area (TPSA) is 161 Å². The Labute approximate surface area is 131 Å². The van der Waals surface area contributed by atoms with Gasteiger partial charge in [0.25, 0.3) is 0 Å². The monoisotopic (exact) mass is 289 g/mol. The van der Waals surface area contributed by atoms with Crippen LogP contribution in [-0.4, -0.2) is 94.1 Å². The average molecular weight is 289 g/mol. The minimum atomic E-state index is -1.66. The number of carbonyl (C=O) groups is 4. The second-order valence-electron chi connectivity index (χ2n) is 3.14. The van der Waals surface area contributed by atoms with E-state index in [2.05, 4.69) is 0 Å². The maximum absolute atomic E-state index is 10.6. The second kappa shape index (κ2) is 9.09. The van der Waals surface area contributed by atoms with Gasteiger partial charge >= 0.3 is 23.9 Å². The maximum atomic E-state index is 10.6. The molecule has 0 aliphatic carbocycles. The van der Waals surface area contributed by atoms with E-state index in [-0.39, 0.29) is 37.7 Å². The molecule has 0 aromatic rings. The first-order valence-electron chi connectivity index (χ1n) is 4.39. The van der Waals surface area contributed by atoms with Crippen molar-refractivity contribution in [2.24, 2.45) is 0 Å². The van der Waals surface area contributed by atoms with E-state index in [1.807, 2.05) is 5.32 Å². The molecule has 0 spiro atoms. The molecule has 5 N–H and O–H groups in total. The number of nitrogens with one attached hydrogen (secondary N) is 1. The normalized spacial score (nSPS) is 12.9. The van der Waals surface area contributed by atoms with Crippen LogP contribution in [0.5, 0.6) is 0 Å². The van der Waals surface area contributed by atoms with Gasteiger partial charge in [-0.3, -0.25) is 24.5 Å². The molecule has 98 valence electrons. The van der Waals surface area contributed by atoms with Gasteiger partial charge in [0.15, 0.2) is 0 Å². The Morgan fingerprint density at radius 1 is 0.778 bits per heavy atom. The van der Waals surface area contributed by atoms with Gasteiger partial charge in [-0.2, -0.15) is 0 Å². The number of carboxylic acids is 4. The summed E-state index contributed by atoms with van der Waals surface area (Å²) in [4.78, 5) is 41.9. The minimum absolute atomic E-state index is 0. The van der Waals surface area contributed by atoms with E-state index in [4.69, 9.17) is 20.4 Å². The van der Waals surface area contributed by atoms with Gasteiger partial charge in [-0.25, -0.2) is 0 Å². The van der Waals surface area contributed by atoms with Crippen LogP contribution in [0.25, 0.3) is 0 Å². The van der Waals surface area contributed by atoms with Crippen LogP contribution in [0.2, 0.25) is 0 Å². The van der Waals surface area contributed by atoms with Gasteiger partial charge in [0.1, 0.15) is 12.1 Å². The fraction of sp³-hybridized carbons (Fsp3) is 0.500. The molecule has 0 aliphatic rings. The molecule has 0 amide bonds. The molecular formula is C8H11CaNO8. The largest absolute Gasteiger partial charge is 0.481 e. The van der Waals surface area contributed by atoms with Crippen molar-refractivity contribution < 1.29 is 39.6 Å². The van der Waals surface area contributed by atoms with Crippen LogP contribution in [0.1, 0.15) is 12.8 Å². The predicted octanol–water partition coefficient (Wildman–Crippen LogP) is -1.95. The van der Waals surface area contributed by atoms with Crippen LogP contribution in [-0.2, 0) is 19.2 Å². The fourth-order valence-corrected chi connectivity index (χ4v) is 1.03. The number of rotatable bonds is 8. The summed E-state index contributed by atoms with van der Waals surface area (Å²) in [6.07, 6.45) is -1.70. The van der Waals surface area contributed by atoms with Crippen LogP contribution in [0.15, 0.2) is 0 Å². The van der Waals surface area contributed by atoms with Gasteiger partial charge in [0, 0.05) is 37.7 Å². The number of aliphatic carboxylic acids is 4. The van der Waals surface area contributed by atoms with Crippen LogP contribution in [0.4, 0.5) is 0 Å². The molecule has 2 radical (unpaired) electrons. The van der Waals surface area contributed by atoms with E-state index < -0.39 is 48.8 Å². The molecule has 2 atom stereocenters. The summed E-state index contributed by atoms with van der Waals surface area (Å²) in [5, 5.41) is 36.0. The molecule has 18 heavy (non-hydrogen) atoms. The molecule has 0 aromatic heterocycles. The van der Waals surface area contributed by atoms with Gasteiger partial charge in [-0.15, -0.1) is 0 Å². The van der Waals surface area contributed by atoms with Crippen molar-refractivity contribution in [2.45, 2.75) is 24.9 Å². The van der Waals surface area contributed by atoms with Crippen molar-refractivity contribution in [1.29, 1.82) is 0 Å². The van der Waals surface area contributed by atoms with E-state index in [1.54, 1.807) is 0 Å². The summed E-state index contributed by atoms with van der Waals surface area (Å²) in [5.74, 6) is -6.01. The zero-order chi connectivity index (χ0) is 13.6. The smallest absolute Gasteiger partial charge is 0.321 e. The first kappa shape index (κ1) is 19.4. The van der Waals surface area contributed by atoms with Crippen LogP contribution in [0.3, 0.4) is 0 Å². The molecule has 0 bridgehead atoms.